The molecule has 0 atom stereocenters. The SMILES string of the molecule is N#CCCN(C(=O)COC(=O)c1ccccc1-c1ccccc1C#N)c1ccccc1. The van der Waals surface area contributed by atoms with Crippen molar-refractivity contribution in [2.75, 3.05) is 18.1 Å². The summed E-state index contributed by atoms with van der Waals surface area (Å²) >= 11 is 0. The normalized spacial score (nSPS) is 9.87. The summed E-state index contributed by atoms with van der Waals surface area (Å²) in [7, 11) is 0. The average Bonchev–Trinajstić information content (AvgIpc) is 2.83. The van der Waals surface area contributed by atoms with Crippen molar-refractivity contribution in [2.45, 2.75) is 6.42 Å². The number of amides is 1. The first kappa shape index (κ1) is 21.3. The number of carbonyl (C=O) groups is 2. The van der Waals surface area contributed by atoms with E-state index in [9.17, 15) is 14.9 Å². The van der Waals surface area contributed by atoms with Gasteiger partial charge in [-0.05, 0) is 29.8 Å². The zero-order chi connectivity index (χ0) is 22.1. The van der Waals surface area contributed by atoms with Crippen molar-refractivity contribution < 1.29 is 14.3 Å². The number of ether oxygens (including phenoxy) is 1. The third kappa shape index (κ3) is 5.14. The second-order valence-electron chi connectivity index (χ2n) is 6.57. The summed E-state index contributed by atoms with van der Waals surface area (Å²) in [5, 5.41) is 18.3. The summed E-state index contributed by atoms with van der Waals surface area (Å²) in [6, 6.07) is 26.8. The van der Waals surface area contributed by atoms with E-state index in [1.54, 1.807) is 72.8 Å². The Bertz CT molecular complexity index is 1160. The van der Waals surface area contributed by atoms with Crippen LogP contribution in [-0.4, -0.2) is 25.0 Å². The maximum Gasteiger partial charge on any atom is 0.339 e. The van der Waals surface area contributed by atoms with Crippen molar-refractivity contribution in [3.8, 4) is 23.3 Å². The minimum atomic E-state index is -0.662. The highest BCUT2D eigenvalue weighted by molar-refractivity contribution is 6.00. The molecule has 0 aliphatic carbocycles. The quantitative estimate of drug-likeness (QED) is 0.542. The van der Waals surface area contributed by atoms with Crippen molar-refractivity contribution in [2.24, 2.45) is 0 Å². The Morgan fingerprint density at radius 1 is 0.839 bits per heavy atom. The number of nitriles is 2. The lowest BCUT2D eigenvalue weighted by Crippen LogP contribution is -2.35. The van der Waals surface area contributed by atoms with Gasteiger partial charge in [-0.25, -0.2) is 4.79 Å². The van der Waals surface area contributed by atoms with Gasteiger partial charge in [-0.2, -0.15) is 10.5 Å². The number of esters is 1. The second kappa shape index (κ2) is 10.4. The standard InChI is InChI=1S/C25H19N3O3/c26-15-8-16-28(20-10-2-1-3-11-20)24(29)18-31-25(30)23-14-7-6-13-22(23)21-12-5-4-9-19(21)17-27/h1-7,9-14H,8,16,18H2. The number of rotatable bonds is 7. The van der Waals surface area contributed by atoms with Crippen LogP contribution < -0.4 is 4.90 Å². The lowest BCUT2D eigenvalue weighted by atomic mass is 9.96. The van der Waals surface area contributed by atoms with E-state index in [1.807, 2.05) is 12.1 Å². The van der Waals surface area contributed by atoms with Gasteiger partial charge < -0.3 is 9.64 Å². The summed E-state index contributed by atoms with van der Waals surface area (Å²) in [5.74, 6) is -1.09. The van der Waals surface area contributed by atoms with E-state index in [1.165, 1.54) is 4.90 Å². The number of para-hydroxylation sites is 1. The fourth-order valence-electron chi connectivity index (χ4n) is 3.16. The van der Waals surface area contributed by atoms with Crippen LogP contribution in [0, 0.1) is 22.7 Å². The highest BCUT2D eigenvalue weighted by Crippen LogP contribution is 2.27. The Kier molecular flexibility index (Phi) is 7.13. The molecule has 3 aromatic carbocycles. The first-order valence-corrected chi connectivity index (χ1v) is 9.63. The molecule has 0 aliphatic rings. The van der Waals surface area contributed by atoms with Crippen LogP contribution in [0.1, 0.15) is 22.3 Å². The largest absolute Gasteiger partial charge is 0.452 e. The molecule has 0 fully saturated rings. The van der Waals surface area contributed by atoms with Crippen molar-refractivity contribution in [1.82, 2.24) is 0 Å². The smallest absolute Gasteiger partial charge is 0.339 e. The Balaban J connectivity index is 1.79. The van der Waals surface area contributed by atoms with E-state index in [0.29, 0.717) is 22.4 Å². The van der Waals surface area contributed by atoms with Crippen molar-refractivity contribution in [3.05, 3.63) is 90.0 Å². The van der Waals surface area contributed by atoms with Gasteiger partial charge in [-0.15, -0.1) is 0 Å². The van der Waals surface area contributed by atoms with Crippen LogP contribution in [0.3, 0.4) is 0 Å². The number of benzene rings is 3. The van der Waals surface area contributed by atoms with Crippen LogP contribution in [0.2, 0.25) is 0 Å². The van der Waals surface area contributed by atoms with Gasteiger partial charge in [0.1, 0.15) is 0 Å². The Labute approximate surface area is 180 Å². The van der Waals surface area contributed by atoms with E-state index >= 15 is 0 Å². The average molecular weight is 409 g/mol. The van der Waals surface area contributed by atoms with Gasteiger partial charge >= 0.3 is 5.97 Å². The van der Waals surface area contributed by atoms with Crippen molar-refractivity contribution in [1.29, 1.82) is 10.5 Å². The van der Waals surface area contributed by atoms with E-state index in [0.717, 1.165) is 0 Å². The summed E-state index contributed by atoms with van der Waals surface area (Å²) in [6.07, 6.45) is 0.155. The van der Waals surface area contributed by atoms with Crippen molar-refractivity contribution >= 4 is 17.6 Å². The van der Waals surface area contributed by atoms with E-state index < -0.39 is 18.5 Å². The highest BCUT2D eigenvalue weighted by Gasteiger charge is 2.20. The molecule has 31 heavy (non-hydrogen) atoms. The lowest BCUT2D eigenvalue weighted by molar-refractivity contribution is -0.121. The molecule has 6 heteroatoms. The Morgan fingerprint density at radius 2 is 1.48 bits per heavy atom. The summed E-state index contributed by atoms with van der Waals surface area (Å²) in [6.45, 7) is -0.267. The minimum absolute atomic E-state index is 0.155. The molecule has 6 nitrogen and oxygen atoms in total. The topological polar surface area (TPSA) is 94.2 Å². The van der Waals surface area contributed by atoms with E-state index in [4.69, 9.17) is 10.00 Å². The van der Waals surface area contributed by atoms with Crippen LogP contribution in [-0.2, 0) is 9.53 Å². The zero-order valence-electron chi connectivity index (χ0n) is 16.7. The molecule has 0 N–H and O–H groups in total. The summed E-state index contributed by atoms with van der Waals surface area (Å²) < 4.78 is 5.31. The lowest BCUT2D eigenvalue weighted by Gasteiger charge is -2.21. The summed E-state index contributed by atoms with van der Waals surface area (Å²) in [5.41, 5.74) is 2.50. The second-order valence-corrected chi connectivity index (χ2v) is 6.57. The highest BCUT2D eigenvalue weighted by atomic mass is 16.5. The molecule has 152 valence electrons. The minimum Gasteiger partial charge on any atom is -0.452 e. The molecule has 1 amide bonds. The monoisotopic (exact) mass is 409 g/mol. The first-order valence-electron chi connectivity index (χ1n) is 9.63. The molecule has 0 radical (unpaired) electrons. The predicted octanol–water partition coefficient (Wildman–Crippen LogP) is 4.33. The van der Waals surface area contributed by atoms with Gasteiger partial charge in [-0.1, -0.05) is 54.6 Å². The third-order valence-corrected chi connectivity index (χ3v) is 4.63. The van der Waals surface area contributed by atoms with Crippen LogP contribution >= 0.6 is 0 Å². The van der Waals surface area contributed by atoms with Crippen LogP contribution in [0.4, 0.5) is 5.69 Å². The fourth-order valence-corrected chi connectivity index (χ4v) is 3.16. The van der Waals surface area contributed by atoms with Crippen LogP contribution in [0.25, 0.3) is 11.1 Å². The van der Waals surface area contributed by atoms with Gasteiger partial charge in [-0.3, -0.25) is 4.79 Å². The summed E-state index contributed by atoms with van der Waals surface area (Å²) in [4.78, 5) is 26.9. The number of nitrogens with zero attached hydrogens (tertiary/aromatic N) is 3. The number of carbonyl (C=O) groups excluding carboxylic acids is 2. The van der Waals surface area contributed by atoms with Gasteiger partial charge in [0.15, 0.2) is 6.61 Å². The number of anilines is 1. The van der Waals surface area contributed by atoms with Crippen LogP contribution in [0.5, 0.6) is 0 Å². The predicted molar refractivity (Wildman–Crippen MR) is 116 cm³/mol. The maximum absolute atomic E-state index is 12.8. The molecule has 3 aromatic rings. The van der Waals surface area contributed by atoms with Crippen molar-refractivity contribution in [3.63, 3.8) is 0 Å². The van der Waals surface area contributed by atoms with Gasteiger partial charge in [0.05, 0.1) is 29.7 Å². The molecule has 0 saturated heterocycles. The Morgan fingerprint density at radius 3 is 2.19 bits per heavy atom. The molecule has 0 unspecified atom stereocenters. The number of hydrogen-bond acceptors (Lipinski definition) is 5. The van der Waals surface area contributed by atoms with E-state index in [-0.39, 0.29) is 18.5 Å². The molecule has 0 heterocycles. The van der Waals surface area contributed by atoms with Gasteiger partial charge in [0.25, 0.3) is 5.91 Å². The fraction of sp³-hybridized carbons (Fsp3) is 0.120. The molecule has 0 bridgehead atoms. The number of hydrogen-bond donors (Lipinski definition) is 0. The third-order valence-electron chi connectivity index (χ3n) is 4.63. The van der Waals surface area contributed by atoms with Crippen LogP contribution in [0.15, 0.2) is 78.9 Å². The maximum atomic E-state index is 12.8. The Hall–Kier alpha value is -4.42. The molecule has 0 aromatic heterocycles. The van der Waals surface area contributed by atoms with Gasteiger partial charge in [0.2, 0.25) is 0 Å². The molecular weight excluding hydrogens is 390 g/mol. The molecule has 0 aliphatic heterocycles. The molecule has 0 saturated carbocycles. The van der Waals surface area contributed by atoms with Gasteiger partial charge in [0, 0.05) is 17.8 Å². The molecule has 0 spiro atoms. The molecular formula is C25H19N3O3. The van der Waals surface area contributed by atoms with E-state index in [2.05, 4.69) is 6.07 Å². The zero-order valence-corrected chi connectivity index (χ0v) is 16.7. The molecule has 3 rings (SSSR count). The first-order chi connectivity index (χ1) is 15.2.